The number of allylic oxidation sites excluding steroid dienone is 2. The van der Waals surface area contributed by atoms with Crippen LogP contribution in [0.1, 0.15) is 98.8 Å². The number of amides is 2. The molecular formula is C42H53F4N3O9S. The Labute approximate surface area is 341 Å². The van der Waals surface area contributed by atoms with Crippen LogP contribution >= 0.6 is 0 Å². The summed E-state index contributed by atoms with van der Waals surface area (Å²) in [5, 5.41) is 0.816. The van der Waals surface area contributed by atoms with E-state index in [9.17, 15) is 45.2 Å². The van der Waals surface area contributed by atoms with E-state index in [-0.39, 0.29) is 42.3 Å². The van der Waals surface area contributed by atoms with Gasteiger partial charge in [-0.25, -0.2) is 17.8 Å². The van der Waals surface area contributed by atoms with Crippen molar-refractivity contribution >= 4 is 44.4 Å². The lowest BCUT2D eigenvalue weighted by molar-refractivity contribution is -0.257. The van der Waals surface area contributed by atoms with Gasteiger partial charge in [0.15, 0.2) is 17.3 Å². The number of rotatable bonds is 10. The largest absolute Gasteiger partial charge is 0.494 e. The number of sulfonamides is 1. The average molecular weight is 852 g/mol. The Morgan fingerprint density at radius 1 is 1.10 bits per heavy atom. The molecule has 17 heteroatoms. The maximum absolute atomic E-state index is 14.9. The van der Waals surface area contributed by atoms with Crippen molar-refractivity contribution in [3.05, 3.63) is 42.4 Å². The van der Waals surface area contributed by atoms with Gasteiger partial charge in [0.1, 0.15) is 6.10 Å². The number of ether oxygens (including phenoxy) is 3. The third-order valence-electron chi connectivity index (χ3n) is 12.9. The number of esters is 1. The van der Waals surface area contributed by atoms with E-state index in [1.165, 1.54) is 30.3 Å². The first kappa shape index (κ1) is 44.3. The fourth-order valence-electron chi connectivity index (χ4n) is 8.70. The third kappa shape index (κ3) is 8.95. The maximum Gasteiger partial charge on any atom is 0.427 e. The van der Waals surface area contributed by atoms with Crippen LogP contribution in [0.4, 0.5) is 17.6 Å². The van der Waals surface area contributed by atoms with E-state index in [4.69, 9.17) is 14.2 Å². The van der Waals surface area contributed by atoms with Crippen molar-refractivity contribution in [2.75, 3.05) is 13.7 Å². The fraction of sp³-hybridized carbons (Fsp3) is 0.643. The number of fused-ring (bicyclic) bond motifs is 3. The molecule has 2 aliphatic heterocycles. The van der Waals surface area contributed by atoms with Gasteiger partial charge in [0.05, 0.1) is 42.2 Å². The van der Waals surface area contributed by atoms with Crippen LogP contribution in [0.2, 0.25) is 0 Å². The van der Waals surface area contributed by atoms with Gasteiger partial charge in [0.2, 0.25) is 33.3 Å². The molecule has 1 aromatic carbocycles. The number of hydrogen-bond donors (Lipinski definition) is 1. The summed E-state index contributed by atoms with van der Waals surface area (Å²) in [6, 6.07) is 3.04. The second-order valence-corrected chi connectivity index (χ2v) is 19.6. The number of benzene rings is 1. The Morgan fingerprint density at radius 3 is 2.46 bits per heavy atom. The summed E-state index contributed by atoms with van der Waals surface area (Å²) in [5.41, 5.74) is -4.26. The molecule has 3 heterocycles. The number of pyridine rings is 1. The summed E-state index contributed by atoms with van der Waals surface area (Å²) in [6.07, 6.45) is 1.09. The number of carbonyl (C=O) groups is 4. The lowest BCUT2D eigenvalue weighted by Gasteiger charge is -2.33. The van der Waals surface area contributed by atoms with Gasteiger partial charge in [0, 0.05) is 24.4 Å². The van der Waals surface area contributed by atoms with E-state index in [1.54, 1.807) is 19.9 Å². The van der Waals surface area contributed by atoms with Gasteiger partial charge in [-0.1, -0.05) is 32.9 Å². The minimum absolute atomic E-state index is 0.00627. The number of alkyl halides is 3. The maximum atomic E-state index is 14.9. The highest BCUT2D eigenvalue weighted by Gasteiger charge is 2.63. The average Bonchev–Trinajstić information content (AvgIpc) is 4.06. The molecule has 1 N–H and O–H groups in total. The van der Waals surface area contributed by atoms with E-state index in [1.807, 2.05) is 19.1 Å². The Bertz CT molecular complexity index is 2120. The number of nitrogens with one attached hydrogen (secondary N) is 1. The van der Waals surface area contributed by atoms with Gasteiger partial charge in [-0.3, -0.25) is 23.9 Å². The standard InChI is InChI=1S/C42H53F4N3O9S/c1-7-40(13-14-40)59(54,55)48-38(53)41-21-27(41)11-9-8-10-24(2)16-25(3)29(20-35(51)58-39(4,5)42(44,45)46)37(52)49-23-28(18-32(49)33(50)22-41)57-36-30-19-31(43)34(56-6)17-26(30)12-15-47-36/h9,11-12,15,17,19,24-25,27-29,32H,7-8,10,13-14,16,18,20-23H2,1-6H3,(H,48,53)/b11-9-/t24-,25-,27-,28-,29+,32+,41-/m1/s1. The summed E-state index contributed by atoms with van der Waals surface area (Å²) in [5.74, 6) is -6.18. The summed E-state index contributed by atoms with van der Waals surface area (Å²) in [6.45, 7) is 6.65. The summed E-state index contributed by atoms with van der Waals surface area (Å²) in [4.78, 5) is 62.4. The molecule has 324 valence electrons. The number of nitrogens with zero attached hydrogens (tertiary/aromatic N) is 2. The predicted octanol–water partition coefficient (Wildman–Crippen LogP) is 6.99. The molecule has 0 radical (unpaired) electrons. The van der Waals surface area contributed by atoms with Crippen LogP contribution in [0, 0.1) is 34.9 Å². The molecule has 2 aromatic rings. The fourth-order valence-corrected chi connectivity index (χ4v) is 10.4. The molecule has 4 aliphatic rings. The normalized spacial score (nSPS) is 29.4. The van der Waals surface area contributed by atoms with Crippen molar-refractivity contribution in [1.29, 1.82) is 0 Å². The lowest BCUT2D eigenvalue weighted by atomic mass is 9.82. The van der Waals surface area contributed by atoms with Crippen molar-refractivity contribution in [2.45, 2.75) is 127 Å². The molecule has 0 unspecified atom stereocenters. The Kier molecular flexibility index (Phi) is 12.2. The van der Waals surface area contributed by atoms with Crippen molar-refractivity contribution in [2.24, 2.45) is 29.1 Å². The van der Waals surface area contributed by atoms with Crippen molar-refractivity contribution in [3.63, 3.8) is 0 Å². The molecule has 2 amide bonds. The zero-order chi connectivity index (χ0) is 43.3. The van der Waals surface area contributed by atoms with E-state index in [0.29, 0.717) is 43.9 Å². The van der Waals surface area contributed by atoms with Crippen molar-refractivity contribution in [3.8, 4) is 11.6 Å². The number of aromatic nitrogens is 1. The molecular weight excluding hydrogens is 799 g/mol. The molecule has 59 heavy (non-hydrogen) atoms. The number of hydrogen-bond acceptors (Lipinski definition) is 10. The monoisotopic (exact) mass is 851 g/mol. The van der Waals surface area contributed by atoms with Crippen LogP contribution in [-0.2, 0) is 33.9 Å². The first-order valence-electron chi connectivity index (χ1n) is 20.2. The molecule has 1 aromatic heterocycles. The van der Waals surface area contributed by atoms with Crippen LogP contribution in [0.25, 0.3) is 10.8 Å². The third-order valence-corrected chi connectivity index (χ3v) is 15.2. The zero-order valence-electron chi connectivity index (χ0n) is 34.2. The van der Waals surface area contributed by atoms with Crippen molar-refractivity contribution < 1.29 is 59.4 Å². The van der Waals surface area contributed by atoms with Gasteiger partial charge < -0.3 is 19.1 Å². The molecule has 12 nitrogen and oxygen atoms in total. The van der Waals surface area contributed by atoms with Crippen LogP contribution < -0.4 is 14.2 Å². The first-order chi connectivity index (χ1) is 27.6. The van der Waals surface area contributed by atoms with E-state index < -0.39 is 104 Å². The summed E-state index contributed by atoms with van der Waals surface area (Å²) in [7, 11) is -2.74. The quantitative estimate of drug-likeness (QED) is 0.150. The smallest absolute Gasteiger partial charge is 0.427 e. The van der Waals surface area contributed by atoms with E-state index >= 15 is 0 Å². The van der Waals surface area contributed by atoms with Gasteiger partial charge in [0.25, 0.3) is 0 Å². The molecule has 0 bridgehead atoms. The van der Waals surface area contributed by atoms with E-state index in [2.05, 4.69) is 9.71 Å². The predicted molar refractivity (Wildman–Crippen MR) is 208 cm³/mol. The van der Waals surface area contributed by atoms with Crippen LogP contribution in [-0.4, -0.2) is 84.2 Å². The molecule has 7 atom stereocenters. The van der Waals surface area contributed by atoms with Gasteiger partial charge in [-0.05, 0) is 100 Å². The Morgan fingerprint density at radius 2 is 1.81 bits per heavy atom. The first-order valence-corrected chi connectivity index (χ1v) is 21.7. The topological polar surface area (TPSA) is 158 Å². The van der Waals surface area contributed by atoms with Gasteiger partial charge in [-0.15, -0.1) is 0 Å². The lowest BCUT2D eigenvalue weighted by Crippen LogP contribution is -2.48. The van der Waals surface area contributed by atoms with Crippen LogP contribution in [0.5, 0.6) is 11.6 Å². The number of ketones is 1. The number of methoxy groups -OCH3 is 1. The summed E-state index contributed by atoms with van der Waals surface area (Å²) < 4.78 is 101. The van der Waals surface area contributed by atoms with Crippen LogP contribution in [0.15, 0.2) is 36.5 Å². The molecule has 0 spiro atoms. The SMILES string of the molecule is CCC1(S(=O)(=O)NC(=O)[C@]23CC(=O)[C@@H]4C[C@@H](Oc5nccc6cc(OC)c(F)cc56)CN4C(=O)[C@@H](CC(=O)OC(C)(C)C(F)(F)F)[C@H](C)C[C@H](C)CC/C=C\[C@@H]2C3)CC1. The highest BCUT2D eigenvalue weighted by Crippen LogP contribution is 2.58. The van der Waals surface area contributed by atoms with Crippen LogP contribution in [0.3, 0.4) is 0 Å². The summed E-state index contributed by atoms with van der Waals surface area (Å²) >= 11 is 0. The molecule has 2 saturated carbocycles. The number of Topliss-reactive ketones (excluding diaryl/α,β-unsaturated/α-hetero) is 1. The minimum Gasteiger partial charge on any atom is -0.494 e. The highest BCUT2D eigenvalue weighted by molar-refractivity contribution is 7.91. The van der Waals surface area contributed by atoms with Gasteiger partial charge in [-0.2, -0.15) is 13.2 Å². The Balaban J connectivity index is 1.36. The van der Waals surface area contributed by atoms with E-state index in [0.717, 1.165) is 13.8 Å². The molecule has 6 rings (SSSR count). The number of carbonyl (C=O) groups excluding carboxylic acids is 4. The molecule has 2 aliphatic carbocycles. The second kappa shape index (κ2) is 16.3. The Hall–Kier alpha value is -4.28. The second-order valence-electron chi connectivity index (χ2n) is 17.5. The molecule has 1 saturated heterocycles. The zero-order valence-corrected chi connectivity index (χ0v) is 35.0. The highest BCUT2D eigenvalue weighted by atomic mass is 32.2. The van der Waals surface area contributed by atoms with Crippen molar-refractivity contribution in [1.82, 2.24) is 14.6 Å². The minimum atomic E-state index is -4.89. The molecule has 3 fully saturated rings. The van der Waals surface area contributed by atoms with Gasteiger partial charge >= 0.3 is 12.1 Å². The number of halogens is 4.